The standard InChI is InChI=1S/C16H22FNO2/c1-10-9-16(3,4)18(11(2)15(19)20-5)14-7-6-12(17)8-13(10)14/h6-8,10-11H,9H2,1-5H3/t10-,11-/m1/s1. The summed E-state index contributed by atoms with van der Waals surface area (Å²) in [5.41, 5.74) is 1.70. The molecule has 2 atom stereocenters. The van der Waals surface area contributed by atoms with Gasteiger partial charge >= 0.3 is 5.97 Å². The molecule has 0 aliphatic carbocycles. The second-order valence-electron chi connectivity index (χ2n) is 6.19. The molecule has 0 saturated carbocycles. The molecule has 1 aromatic rings. The molecule has 2 rings (SSSR count). The highest BCUT2D eigenvalue weighted by Gasteiger charge is 2.41. The van der Waals surface area contributed by atoms with Crippen molar-refractivity contribution in [1.29, 1.82) is 0 Å². The average Bonchev–Trinajstić information content (AvgIpc) is 2.37. The van der Waals surface area contributed by atoms with Crippen molar-refractivity contribution in [2.75, 3.05) is 12.0 Å². The van der Waals surface area contributed by atoms with E-state index in [0.717, 1.165) is 17.7 Å². The minimum Gasteiger partial charge on any atom is -0.467 e. The number of methoxy groups -OCH3 is 1. The number of halogens is 1. The molecule has 0 fully saturated rings. The Morgan fingerprint density at radius 1 is 1.50 bits per heavy atom. The zero-order chi connectivity index (χ0) is 15.1. The molecule has 1 aliphatic heterocycles. The normalized spacial score (nSPS) is 22.1. The van der Waals surface area contributed by atoms with Crippen molar-refractivity contribution in [3.05, 3.63) is 29.6 Å². The fourth-order valence-electron chi connectivity index (χ4n) is 3.43. The van der Waals surface area contributed by atoms with Crippen LogP contribution in [-0.2, 0) is 9.53 Å². The van der Waals surface area contributed by atoms with E-state index in [2.05, 4.69) is 20.8 Å². The Labute approximate surface area is 119 Å². The lowest BCUT2D eigenvalue weighted by molar-refractivity contribution is -0.142. The van der Waals surface area contributed by atoms with E-state index in [1.165, 1.54) is 13.2 Å². The Morgan fingerprint density at radius 2 is 2.15 bits per heavy atom. The second-order valence-corrected chi connectivity index (χ2v) is 6.19. The van der Waals surface area contributed by atoms with E-state index in [1.54, 1.807) is 12.1 Å². The summed E-state index contributed by atoms with van der Waals surface area (Å²) in [5.74, 6) is -0.249. The van der Waals surface area contributed by atoms with Gasteiger partial charge in [0.25, 0.3) is 0 Å². The molecule has 4 heteroatoms. The van der Waals surface area contributed by atoms with Crippen molar-refractivity contribution in [2.45, 2.75) is 51.6 Å². The topological polar surface area (TPSA) is 29.5 Å². The van der Waals surface area contributed by atoms with Crippen molar-refractivity contribution >= 4 is 11.7 Å². The second kappa shape index (κ2) is 5.08. The van der Waals surface area contributed by atoms with Gasteiger partial charge in [-0.05, 0) is 56.9 Å². The van der Waals surface area contributed by atoms with Crippen LogP contribution in [0.1, 0.15) is 45.6 Å². The minimum atomic E-state index is -0.397. The first-order chi connectivity index (χ1) is 9.27. The summed E-state index contributed by atoms with van der Waals surface area (Å²) >= 11 is 0. The van der Waals surface area contributed by atoms with Crippen LogP contribution in [-0.4, -0.2) is 24.7 Å². The van der Waals surface area contributed by atoms with Crippen LogP contribution in [0.4, 0.5) is 10.1 Å². The zero-order valence-corrected chi connectivity index (χ0v) is 12.7. The number of anilines is 1. The number of ether oxygens (including phenoxy) is 1. The van der Waals surface area contributed by atoms with Gasteiger partial charge in [0.2, 0.25) is 0 Å². The number of fused-ring (bicyclic) bond motifs is 1. The van der Waals surface area contributed by atoms with Crippen LogP contribution in [0.5, 0.6) is 0 Å². The molecule has 3 nitrogen and oxygen atoms in total. The van der Waals surface area contributed by atoms with Crippen LogP contribution in [0.25, 0.3) is 0 Å². The van der Waals surface area contributed by atoms with Gasteiger partial charge in [-0.15, -0.1) is 0 Å². The minimum absolute atomic E-state index is 0.183. The van der Waals surface area contributed by atoms with E-state index in [1.807, 2.05) is 11.8 Å². The predicted octanol–water partition coefficient (Wildman–Crippen LogP) is 3.48. The maximum absolute atomic E-state index is 13.5. The van der Waals surface area contributed by atoms with Crippen LogP contribution in [0.15, 0.2) is 18.2 Å². The van der Waals surface area contributed by atoms with E-state index in [4.69, 9.17) is 4.74 Å². The van der Waals surface area contributed by atoms with Crippen molar-refractivity contribution in [3.63, 3.8) is 0 Å². The number of rotatable bonds is 2. The first-order valence-corrected chi connectivity index (χ1v) is 6.94. The van der Waals surface area contributed by atoms with Crippen molar-refractivity contribution < 1.29 is 13.9 Å². The lowest BCUT2D eigenvalue weighted by Gasteiger charge is -2.49. The Bertz CT molecular complexity index is 527. The highest BCUT2D eigenvalue weighted by atomic mass is 19.1. The Hall–Kier alpha value is -1.58. The van der Waals surface area contributed by atoms with Crippen LogP contribution >= 0.6 is 0 Å². The lowest BCUT2D eigenvalue weighted by Crippen LogP contribution is -2.55. The smallest absolute Gasteiger partial charge is 0.328 e. The van der Waals surface area contributed by atoms with Gasteiger partial charge < -0.3 is 9.64 Å². The van der Waals surface area contributed by atoms with Gasteiger partial charge in [0.1, 0.15) is 11.9 Å². The summed E-state index contributed by atoms with van der Waals surface area (Å²) in [7, 11) is 1.39. The van der Waals surface area contributed by atoms with E-state index in [0.29, 0.717) is 0 Å². The van der Waals surface area contributed by atoms with E-state index >= 15 is 0 Å². The Balaban J connectivity index is 2.54. The summed E-state index contributed by atoms with van der Waals surface area (Å²) in [4.78, 5) is 14.0. The fraction of sp³-hybridized carbons (Fsp3) is 0.562. The van der Waals surface area contributed by atoms with Gasteiger partial charge in [0, 0.05) is 11.2 Å². The summed E-state index contributed by atoms with van der Waals surface area (Å²) in [6, 6.07) is 4.39. The van der Waals surface area contributed by atoms with Gasteiger partial charge in [0.05, 0.1) is 7.11 Å². The molecule has 0 radical (unpaired) electrons. The Morgan fingerprint density at radius 3 is 2.75 bits per heavy atom. The summed E-state index contributed by atoms with van der Waals surface area (Å²) in [5, 5.41) is 0. The summed E-state index contributed by atoms with van der Waals surface area (Å²) in [6.07, 6.45) is 0.866. The molecule has 1 heterocycles. The molecule has 0 amide bonds. The molecule has 0 saturated heterocycles. The molecular formula is C16H22FNO2. The highest BCUT2D eigenvalue weighted by molar-refractivity contribution is 5.81. The van der Waals surface area contributed by atoms with Gasteiger partial charge in [-0.25, -0.2) is 9.18 Å². The molecular weight excluding hydrogens is 257 g/mol. The fourth-order valence-corrected chi connectivity index (χ4v) is 3.43. The molecule has 0 aromatic heterocycles. The zero-order valence-electron chi connectivity index (χ0n) is 12.7. The van der Waals surface area contributed by atoms with Gasteiger partial charge in [-0.2, -0.15) is 0 Å². The third-order valence-corrected chi connectivity index (χ3v) is 4.17. The maximum Gasteiger partial charge on any atom is 0.328 e. The summed E-state index contributed by atoms with van der Waals surface area (Å²) < 4.78 is 18.4. The third kappa shape index (κ3) is 2.39. The van der Waals surface area contributed by atoms with Crippen LogP contribution in [0.2, 0.25) is 0 Å². The molecule has 20 heavy (non-hydrogen) atoms. The van der Waals surface area contributed by atoms with Crippen molar-refractivity contribution in [1.82, 2.24) is 0 Å². The van der Waals surface area contributed by atoms with Crippen LogP contribution in [0.3, 0.4) is 0 Å². The monoisotopic (exact) mass is 279 g/mol. The number of hydrogen-bond acceptors (Lipinski definition) is 3. The van der Waals surface area contributed by atoms with Gasteiger partial charge in [0.15, 0.2) is 0 Å². The van der Waals surface area contributed by atoms with E-state index < -0.39 is 6.04 Å². The van der Waals surface area contributed by atoms with E-state index in [-0.39, 0.29) is 23.2 Å². The number of hydrogen-bond donors (Lipinski definition) is 0. The number of carbonyl (C=O) groups excluding carboxylic acids is 1. The number of benzene rings is 1. The Kier molecular flexibility index (Phi) is 3.76. The van der Waals surface area contributed by atoms with Gasteiger partial charge in [-0.1, -0.05) is 6.92 Å². The first-order valence-electron chi connectivity index (χ1n) is 6.94. The molecule has 110 valence electrons. The van der Waals surface area contributed by atoms with Gasteiger partial charge in [-0.3, -0.25) is 0 Å². The van der Waals surface area contributed by atoms with Crippen LogP contribution in [0, 0.1) is 5.82 Å². The quantitative estimate of drug-likeness (QED) is 0.776. The number of nitrogens with zero attached hydrogens (tertiary/aromatic N) is 1. The largest absolute Gasteiger partial charge is 0.467 e. The van der Waals surface area contributed by atoms with Crippen molar-refractivity contribution in [3.8, 4) is 0 Å². The molecule has 0 unspecified atom stereocenters. The maximum atomic E-state index is 13.5. The molecule has 0 bridgehead atoms. The third-order valence-electron chi connectivity index (χ3n) is 4.17. The molecule has 1 aromatic carbocycles. The van der Waals surface area contributed by atoms with Crippen LogP contribution < -0.4 is 4.90 Å². The molecule has 0 spiro atoms. The average molecular weight is 279 g/mol. The molecule has 1 aliphatic rings. The highest BCUT2D eigenvalue weighted by Crippen LogP contribution is 2.44. The SMILES string of the molecule is COC(=O)[C@@H](C)N1c2ccc(F)cc2[C@H](C)CC1(C)C. The van der Waals surface area contributed by atoms with Crippen molar-refractivity contribution in [2.24, 2.45) is 0 Å². The van der Waals surface area contributed by atoms with E-state index in [9.17, 15) is 9.18 Å². The summed E-state index contributed by atoms with van der Waals surface area (Å²) in [6.45, 7) is 8.14. The lowest BCUT2D eigenvalue weighted by atomic mass is 9.79. The molecule has 0 N–H and O–H groups in total. The predicted molar refractivity (Wildman–Crippen MR) is 77.5 cm³/mol. The number of esters is 1. The first kappa shape index (κ1) is 14.8. The number of carbonyl (C=O) groups is 1.